The van der Waals surface area contributed by atoms with E-state index >= 15 is 0 Å². The highest BCUT2D eigenvalue weighted by atomic mass is 16.6. The molecule has 1 saturated carbocycles. The van der Waals surface area contributed by atoms with Crippen LogP contribution < -0.4 is 5.73 Å². The number of nitrogens with zero attached hydrogens (tertiary/aromatic N) is 1. The Bertz CT molecular complexity index is 402. The summed E-state index contributed by atoms with van der Waals surface area (Å²) in [5, 5.41) is 0. The first-order chi connectivity index (χ1) is 9.46. The van der Waals surface area contributed by atoms with E-state index in [1.807, 2.05) is 25.7 Å². The second kappa shape index (κ2) is 5.15. The quantitative estimate of drug-likeness (QED) is 0.849. The number of carbonyl (C=O) groups excluding carboxylic acids is 1. The zero-order chi connectivity index (χ0) is 16.1. The standard InChI is InChI=1S/C17H32N2O2/c1-12-11-19(14(20)21-15(2,3)4)10-7-13(12)17(8-9-17)16(5,6)18/h12-13H,7-11,18H2,1-6H3. The van der Waals surface area contributed by atoms with Gasteiger partial charge in [-0.2, -0.15) is 0 Å². The molecule has 2 N–H and O–H groups in total. The lowest BCUT2D eigenvalue weighted by molar-refractivity contribution is -0.000508. The van der Waals surface area contributed by atoms with E-state index in [1.54, 1.807) is 0 Å². The Labute approximate surface area is 129 Å². The summed E-state index contributed by atoms with van der Waals surface area (Å²) in [5.41, 5.74) is 6.18. The van der Waals surface area contributed by atoms with Gasteiger partial charge in [-0.15, -0.1) is 0 Å². The Kier molecular flexibility index (Phi) is 4.07. The van der Waals surface area contributed by atoms with Crippen molar-refractivity contribution in [2.45, 2.75) is 71.9 Å². The Morgan fingerprint density at radius 1 is 1.24 bits per heavy atom. The van der Waals surface area contributed by atoms with Crippen molar-refractivity contribution in [3.63, 3.8) is 0 Å². The van der Waals surface area contributed by atoms with Gasteiger partial charge >= 0.3 is 6.09 Å². The SMILES string of the molecule is CC1CN(C(=O)OC(C)(C)C)CCC1C1(C(C)(C)N)CC1. The number of ether oxygens (including phenoxy) is 1. The molecule has 0 bridgehead atoms. The molecule has 2 fully saturated rings. The summed E-state index contributed by atoms with van der Waals surface area (Å²) >= 11 is 0. The Hall–Kier alpha value is -0.770. The van der Waals surface area contributed by atoms with Gasteiger partial charge in [0.05, 0.1) is 0 Å². The van der Waals surface area contributed by atoms with Crippen molar-refractivity contribution in [1.82, 2.24) is 4.90 Å². The first kappa shape index (κ1) is 16.6. The van der Waals surface area contributed by atoms with Crippen molar-refractivity contribution in [3.05, 3.63) is 0 Å². The van der Waals surface area contributed by atoms with Gasteiger partial charge in [0, 0.05) is 18.6 Å². The van der Waals surface area contributed by atoms with Crippen molar-refractivity contribution in [3.8, 4) is 0 Å². The zero-order valence-corrected chi connectivity index (χ0v) is 14.5. The minimum absolute atomic E-state index is 0.125. The van der Waals surface area contributed by atoms with Crippen LogP contribution in [0.15, 0.2) is 0 Å². The van der Waals surface area contributed by atoms with Crippen LogP contribution in [-0.4, -0.2) is 35.2 Å². The first-order valence-corrected chi connectivity index (χ1v) is 8.23. The highest BCUT2D eigenvalue weighted by Gasteiger charge is 2.59. The molecule has 4 heteroatoms. The summed E-state index contributed by atoms with van der Waals surface area (Å²) in [4.78, 5) is 14.1. The molecule has 1 heterocycles. The van der Waals surface area contributed by atoms with Crippen LogP contribution in [0.3, 0.4) is 0 Å². The minimum Gasteiger partial charge on any atom is -0.444 e. The van der Waals surface area contributed by atoms with Crippen molar-refractivity contribution in [2.75, 3.05) is 13.1 Å². The smallest absolute Gasteiger partial charge is 0.410 e. The lowest BCUT2D eigenvalue weighted by atomic mass is 9.67. The van der Waals surface area contributed by atoms with Crippen LogP contribution in [0.4, 0.5) is 4.79 Å². The maximum atomic E-state index is 12.2. The van der Waals surface area contributed by atoms with Crippen LogP contribution in [-0.2, 0) is 4.74 Å². The lowest BCUT2D eigenvalue weighted by Crippen LogP contribution is -2.53. The van der Waals surface area contributed by atoms with E-state index in [9.17, 15) is 4.79 Å². The van der Waals surface area contributed by atoms with Gasteiger partial charge in [0.25, 0.3) is 0 Å². The molecule has 1 amide bonds. The van der Waals surface area contributed by atoms with E-state index in [1.165, 1.54) is 12.8 Å². The van der Waals surface area contributed by atoms with E-state index in [2.05, 4.69) is 20.8 Å². The number of likely N-dealkylation sites (tertiary alicyclic amines) is 1. The molecule has 21 heavy (non-hydrogen) atoms. The van der Waals surface area contributed by atoms with Crippen LogP contribution >= 0.6 is 0 Å². The molecule has 4 nitrogen and oxygen atoms in total. The van der Waals surface area contributed by atoms with Crippen molar-refractivity contribution in [2.24, 2.45) is 23.0 Å². The van der Waals surface area contributed by atoms with Crippen LogP contribution in [0.25, 0.3) is 0 Å². The monoisotopic (exact) mass is 296 g/mol. The predicted octanol–water partition coefficient (Wildman–Crippen LogP) is 3.40. The Morgan fingerprint density at radius 2 is 1.81 bits per heavy atom. The molecule has 0 radical (unpaired) electrons. The van der Waals surface area contributed by atoms with Gasteiger partial charge in [0.2, 0.25) is 0 Å². The highest BCUT2D eigenvalue weighted by Crippen LogP contribution is 2.61. The summed E-state index contributed by atoms with van der Waals surface area (Å²) < 4.78 is 5.49. The minimum atomic E-state index is -0.422. The first-order valence-electron chi connectivity index (χ1n) is 8.23. The molecule has 2 rings (SSSR count). The van der Waals surface area contributed by atoms with Crippen LogP contribution in [0.1, 0.15) is 60.8 Å². The molecule has 0 aromatic carbocycles. The Morgan fingerprint density at radius 3 is 2.19 bits per heavy atom. The fourth-order valence-electron chi connectivity index (χ4n) is 4.09. The second-order valence-electron chi connectivity index (χ2n) is 8.68. The fraction of sp³-hybridized carbons (Fsp3) is 0.941. The summed E-state index contributed by atoms with van der Waals surface area (Å²) in [7, 11) is 0. The average molecular weight is 296 g/mol. The maximum absolute atomic E-state index is 12.2. The molecular weight excluding hydrogens is 264 g/mol. The molecule has 1 saturated heterocycles. The van der Waals surface area contributed by atoms with Gasteiger partial charge in [-0.05, 0) is 71.1 Å². The third-order valence-corrected chi connectivity index (χ3v) is 5.34. The number of hydrogen-bond acceptors (Lipinski definition) is 3. The molecule has 122 valence electrons. The highest BCUT2D eigenvalue weighted by molar-refractivity contribution is 5.68. The molecule has 0 aromatic heterocycles. The van der Waals surface area contributed by atoms with Gasteiger partial charge in [-0.3, -0.25) is 0 Å². The lowest BCUT2D eigenvalue weighted by Gasteiger charge is -2.46. The van der Waals surface area contributed by atoms with E-state index in [4.69, 9.17) is 10.5 Å². The van der Waals surface area contributed by atoms with Crippen LogP contribution in [0.5, 0.6) is 0 Å². The third kappa shape index (κ3) is 3.36. The second-order valence-corrected chi connectivity index (χ2v) is 8.68. The number of rotatable bonds is 2. The normalized spacial score (nSPS) is 29.2. The topological polar surface area (TPSA) is 55.6 Å². The molecule has 2 aliphatic rings. The maximum Gasteiger partial charge on any atom is 0.410 e. The van der Waals surface area contributed by atoms with E-state index in [0.717, 1.165) is 19.5 Å². The molecule has 2 unspecified atom stereocenters. The van der Waals surface area contributed by atoms with E-state index < -0.39 is 5.60 Å². The molecule has 0 aromatic rings. The van der Waals surface area contributed by atoms with E-state index in [-0.39, 0.29) is 17.0 Å². The van der Waals surface area contributed by atoms with Gasteiger partial charge < -0.3 is 15.4 Å². The number of carbonyl (C=O) groups is 1. The average Bonchev–Trinajstić information content (AvgIpc) is 3.06. The summed E-state index contributed by atoms with van der Waals surface area (Å²) in [6.45, 7) is 13.9. The Balaban J connectivity index is 1.99. The summed E-state index contributed by atoms with van der Waals surface area (Å²) in [6.07, 6.45) is 3.33. The molecular formula is C17H32N2O2. The van der Waals surface area contributed by atoms with Crippen molar-refractivity contribution < 1.29 is 9.53 Å². The van der Waals surface area contributed by atoms with Gasteiger partial charge in [0.15, 0.2) is 0 Å². The van der Waals surface area contributed by atoms with Gasteiger partial charge in [-0.1, -0.05) is 6.92 Å². The predicted molar refractivity (Wildman–Crippen MR) is 85.0 cm³/mol. The van der Waals surface area contributed by atoms with Gasteiger partial charge in [0.1, 0.15) is 5.60 Å². The number of hydrogen-bond donors (Lipinski definition) is 1. The third-order valence-electron chi connectivity index (χ3n) is 5.34. The zero-order valence-electron chi connectivity index (χ0n) is 14.5. The summed E-state index contributed by atoms with van der Waals surface area (Å²) in [5.74, 6) is 1.10. The number of nitrogens with two attached hydrogens (primary N) is 1. The number of piperidine rings is 1. The molecule has 2 atom stereocenters. The fourth-order valence-corrected chi connectivity index (χ4v) is 4.09. The van der Waals surface area contributed by atoms with Crippen LogP contribution in [0.2, 0.25) is 0 Å². The van der Waals surface area contributed by atoms with Crippen molar-refractivity contribution in [1.29, 1.82) is 0 Å². The van der Waals surface area contributed by atoms with Gasteiger partial charge in [-0.25, -0.2) is 4.79 Å². The largest absolute Gasteiger partial charge is 0.444 e. The van der Waals surface area contributed by atoms with E-state index in [0.29, 0.717) is 11.8 Å². The number of amides is 1. The van der Waals surface area contributed by atoms with Crippen molar-refractivity contribution >= 4 is 6.09 Å². The molecule has 1 aliphatic carbocycles. The summed E-state index contributed by atoms with van der Waals surface area (Å²) in [6, 6.07) is 0. The molecule has 0 spiro atoms. The molecule has 1 aliphatic heterocycles. The van der Waals surface area contributed by atoms with Crippen LogP contribution in [0, 0.1) is 17.3 Å².